The van der Waals surface area contributed by atoms with Crippen LogP contribution in [0.5, 0.6) is 0 Å². The summed E-state index contributed by atoms with van der Waals surface area (Å²) in [5.41, 5.74) is 2.24. The van der Waals surface area contributed by atoms with Gasteiger partial charge in [-0.1, -0.05) is 24.3 Å². The van der Waals surface area contributed by atoms with Crippen molar-refractivity contribution in [1.29, 1.82) is 0 Å². The maximum absolute atomic E-state index is 13.7. The van der Waals surface area contributed by atoms with Gasteiger partial charge in [0.25, 0.3) is 15.9 Å². The summed E-state index contributed by atoms with van der Waals surface area (Å²) in [6.07, 6.45) is 2.89. The van der Waals surface area contributed by atoms with Gasteiger partial charge in [0.2, 0.25) is 0 Å². The Morgan fingerprint density at radius 2 is 1.80 bits per heavy atom. The molecule has 0 fully saturated rings. The van der Waals surface area contributed by atoms with E-state index in [0.717, 1.165) is 0 Å². The Balaban J connectivity index is 1.63. The Labute approximate surface area is 171 Å². The number of anilines is 2. The number of carbonyl (C=O) groups excluding carboxylic acids is 1. The summed E-state index contributed by atoms with van der Waals surface area (Å²) in [5, 5.41) is 3.74. The summed E-state index contributed by atoms with van der Waals surface area (Å²) in [4.78, 5) is 16.2. The fourth-order valence-corrected chi connectivity index (χ4v) is 4.95. The number of hydrogen-bond acceptors (Lipinski definition) is 4. The molecule has 148 valence electrons. The number of amides is 1. The Hall–Kier alpha value is -3.78. The molecular formula is C22H14FN3O3S. The highest BCUT2D eigenvalue weighted by molar-refractivity contribution is 7.93. The Kier molecular flexibility index (Phi) is 4.04. The van der Waals surface area contributed by atoms with Crippen molar-refractivity contribution in [2.75, 3.05) is 10.0 Å². The molecule has 4 aromatic rings. The number of benzene rings is 3. The number of aromatic nitrogens is 1. The van der Waals surface area contributed by atoms with Crippen molar-refractivity contribution < 1.29 is 17.6 Å². The molecule has 8 heteroatoms. The fraction of sp³-hybridized carbons (Fsp3) is 0. The van der Waals surface area contributed by atoms with Crippen molar-refractivity contribution in [1.82, 2.24) is 4.98 Å². The first-order valence-electron chi connectivity index (χ1n) is 9.04. The average molecular weight is 419 g/mol. The molecule has 0 aliphatic carbocycles. The predicted molar refractivity (Wildman–Crippen MR) is 112 cm³/mol. The van der Waals surface area contributed by atoms with E-state index in [1.54, 1.807) is 42.5 Å². The third kappa shape index (κ3) is 2.89. The van der Waals surface area contributed by atoms with E-state index in [4.69, 9.17) is 0 Å². The van der Waals surface area contributed by atoms with Crippen molar-refractivity contribution in [3.63, 3.8) is 0 Å². The summed E-state index contributed by atoms with van der Waals surface area (Å²) in [6, 6.07) is 15.5. The summed E-state index contributed by atoms with van der Waals surface area (Å²) < 4.78 is 42.8. The molecule has 30 heavy (non-hydrogen) atoms. The van der Waals surface area contributed by atoms with E-state index in [-0.39, 0.29) is 16.5 Å². The minimum absolute atomic E-state index is 0.0358. The zero-order valence-corrected chi connectivity index (χ0v) is 16.2. The van der Waals surface area contributed by atoms with Crippen LogP contribution in [0.4, 0.5) is 15.8 Å². The number of rotatable bonds is 4. The quantitative estimate of drug-likeness (QED) is 0.513. The molecule has 6 nitrogen and oxygen atoms in total. The van der Waals surface area contributed by atoms with Gasteiger partial charge in [-0.25, -0.2) is 12.8 Å². The molecule has 1 aromatic heterocycles. The molecule has 1 aliphatic rings. The first-order chi connectivity index (χ1) is 14.4. The van der Waals surface area contributed by atoms with E-state index in [1.807, 2.05) is 0 Å². The predicted octanol–water partition coefficient (Wildman–Crippen LogP) is 4.41. The van der Waals surface area contributed by atoms with Gasteiger partial charge in [-0.05, 0) is 42.0 Å². The first-order valence-corrected chi connectivity index (χ1v) is 10.5. The van der Waals surface area contributed by atoms with Crippen LogP contribution in [0.15, 0.2) is 78.0 Å². The molecule has 1 aliphatic heterocycles. The van der Waals surface area contributed by atoms with Crippen molar-refractivity contribution in [3.8, 4) is 11.1 Å². The van der Waals surface area contributed by atoms with Crippen LogP contribution in [-0.4, -0.2) is 19.3 Å². The summed E-state index contributed by atoms with van der Waals surface area (Å²) in [6.45, 7) is 0. The van der Waals surface area contributed by atoms with E-state index in [2.05, 4.69) is 15.0 Å². The highest BCUT2D eigenvalue weighted by Crippen LogP contribution is 2.37. The van der Waals surface area contributed by atoms with Gasteiger partial charge in [-0.2, -0.15) is 0 Å². The van der Waals surface area contributed by atoms with Crippen molar-refractivity contribution >= 4 is 38.1 Å². The lowest BCUT2D eigenvalue weighted by Gasteiger charge is -2.14. The number of sulfonamides is 1. The fourth-order valence-electron chi connectivity index (χ4n) is 3.68. The van der Waals surface area contributed by atoms with Crippen LogP contribution in [0, 0.1) is 5.82 Å². The van der Waals surface area contributed by atoms with Crippen molar-refractivity contribution in [2.45, 2.75) is 4.90 Å². The first kappa shape index (κ1) is 18.3. The van der Waals surface area contributed by atoms with Gasteiger partial charge in [0.1, 0.15) is 5.82 Å². The van der Waals surface area contributed by atoms with Crippen molar-refractivity contribution in [3.05, 3.63) is 84.4 Å². The van der Waals surface area contributed by atoms with E-state index < -0.39 is 15.8 Å². The normalized spacial score (nSPS) is 12.8. The molecule has 0 atom stereocenters. The van der Waals surface area contributed by atoms with E-state index in [9.17, 15) is 17.6 Å². The van der Waals surface area contributed by atoms with Crippen LogP contribution in [-0.2, 0) is 10.0 Å². The second kappa shape index (κ2) is 6.64. The number of halogens is 1. The molecule has 5 rings (SSSR count). The van der Waals surface area contributed by atoms with Gasteiger partial charge in [-0.3, -0.25) is 14.5 Å². The second-order valence-electron chi connectivity index (χ2n) is 6.83. The maximum atomic E-state index is 13.7. The van der Waals surface area contributed by atoms with E-state index >= 15 is 0 Å². The van der Waals surface area contributed by atoms with Gasteiger partial charge in [-0.15, -0.1) is 0 Å². The molecule has 3 aromatic carbocycles. The smallest absolute Gasteiger partial charge is 0.262 e. The minimum atomic E-state index is -4.03. The largest absolute Gasteiger partial charge is 0.321 e. The van der Waals surface area contributed by atoms with E-state index in [1.165, 1.54) is 30.6 Å². The highest BCUT2D eigenvalue weighted by Gasteiger charge is 2.26. The Morgan fingerprint density at radius 1 is 0.967 bits per heavy atom. The van der Waals surface area contributed by atoms with Crippen LogP contribution in [0.1, 0.15) is 10.4 Å². The lowest BCUT2D eigenvalue weighted by Crippen LogP contribution is -2.14. The number of nitrogens with one attached hydrogen (secondary N) is 2. The molecule has 0 radical (unpaired) electrons. The Bertz CT molecular complexity index is 1450. The minimum Gasteiger partial charge on any atom is -0.321 e. The molecule has 2 N–H and O–H groups in total. The molecule has 0 unspecified atom stereocenters. The van der Waals surface area contributed by atoms with Gasteiger partial charge in [0, 0.05) is 33.8 Å². The highest BCUT2D eigenvalue weighted by atomic mass is 32.2. The lowest BCUT2D eigenvalue weighted by atomic mass is 10.1. The number of nitrogens with zero attached hydrogens (tertiary/aromatic N) is 1. The zero-order chi connectivity index (χ0) is 20.9. The van der Waals surface area contributed by atoms with Crippen LogP contribution < -0.4 is 10.0 Å². The number of hydrogen-bond donors (Lipinski definition) is 2. The molecule has 1 amide bonds. The van der Waals surface area contributed by atoms with Crippen molar-refractivity contribution in [2.24, 2.45) is 0 Å². The Morgan fingerprint density at radius 3 is 2.63 bits per heavy atom. The molecule has 0 bridgehead atoms. The van der Waals surface area contributed by atoms with Crippen LogP contribution in [0.25, 0.3) is 21.9 Å². The third-order valence-corrected chi connectivity index (χ3v) is 6.41. The van der Waals surface area contributed by atoms with Gasteiger partial charge >= 0.3 is 0 Å². The molecule has 0 spiro atoms. The second-order valence-corrected chi connectivity index (χ2v) is 8.48. The van der Waals surface area contributed by atoms with Crippen LogP contribution >= 0.6 is 0 Å². The summed E-state index contributed by atoms with van der Waals surface area (Å²) in [5.74, 6) is -0.693. The van der Waals surface area contributed by atoms with Gasteiger partial charge < -0.3 is 5.32 Å². The van der Waals surface area contributed by atoms with E-state index in [0.29, 0.717) is 33.2 Å². The molecule has 2 heterocycles. The maximum Gasteiger partial charge on any atom is 0.262 e. The van der Waals surface area contributed by atoms with Gasteiger partial charge in [0.05, 0.1) is 16.8 Å². The standard InChI is InChI=1S/C22H14FN3O3S/c23-14-4-1-3-13(11-14)15-9-10-24-12-19(15)26-30(28,29)20-8-7-18-21-16(20)5-2-6-17(21)22(27)25-18/h1-12,26H,(H,25,27). The van der Waals surface area contributed by atoms with Crippen LogP contribution in [0.2, 0.25) is 0 Å². The summed E-state index contributed by atoms with van der Waals surface area (Å²) in [7, 11) is -4.03. The average Bonchev–Trinajstić information content (AvgIpc) is 3.05. The third-order valence-electron chi connectivity index (χ3n) is 4.98. The zero-order valence-electron chi connectivity index (χ0n) is 15.4. The lowest BCUT2D eigenvalue weighted by molar-refractivity contribution is 0.103. The molecular weight excluding hydrogens is 405 g/mol. The number of pyridine rings is 1. The molecule has 0 saturated carbocycles. The summed E-state index contributed by atoms with van der Waals surface area (Å²) >= 11 is 0. The number of carbonyl (C=O) groups is 1. The van der Waals surface area contributed by atoms with Crippen LogP contribution in [0.3, 0.4) is 0 Å². The SMILES string of the molecule is O=C1Nc2ccc(S(=O)(=O)Nc3cnccc3-c3cccc(F)c3)c3cccc1c23. The molecule has 0 saturated heterocycles. The monoisotopic (exact) mass is 419 g/mol. The van der Waals surface area contributed by atoms with Gasteiger partial charge in [0.15, 0.2) is 0 Å². The topological polar surface area (TPSA) is 88.2 Å².